The molecule has 0 spiro atoms. The van der Waals surface area contributed by atoms with E-state index in [2.05, 4.69) is 51.1 Å². The van der Waals surface area contributed by atoms with Gasteiger partial charge in [-0.05, 0) is 43.9 Å². The van der Waals surface area contributed by atoms with E-state index in [1.807, 2.05) is 12.1 Å². The summed E-state index contributed by atoms with van der Waals surface area (Å²) in [6.45, 7) is 6.55. The third kappa shape index (κ3) is 3.45. The first-order chi connectivity index (χ1) is 9.10. The Kier molecular flexibility index (Phi) is 4.39. The van der Waals surface area contributed by atoms with Crippen molar-refractivity contribution >= 4 is 0 Å². The number of rotatable bonds is 4. The van der Waals surface area contributed by atoms with Crippen LogP contribution in [0.15, 0.2) is 42.5 Å². The van der Waals surface area contributed by atoms with Crippen molar-refractivity contribution in [2.75, 3.05) is 6.61 Å². The van der Waals surface area contributed by atoms with Crippen LogP contribution in [-0.4, -0.2) is 11.7 Å². The van der Waals surface area contributed by atoms with E-state index >= 15 is 0 Å². The second kappa shape index (κ2) is 6.03. The highest BCUT2D eigenvalue weighted by Gasteiger charge is 2.13. The molecule has 2 rings (SSSR count). The smallest absolute Gasteiger partial charge is 0.0503 e. The Morgan fingerprint density at radius 2 is 1.58 bits per heavy atom. The van der Waals surface area contributed by atoms with Gasteiger partial charge in [0.1, 0.15) is 0 Å². The summed E-state index contributed by atoms with van der Waals surface area (Å²) >= 11 is 0. The number of hydrogen-bond donors (Lipinski definition) is 1. The molecule has 0 aliphatic heterocycles. The van der Waals surface area contributed by atoms with E-state index in [0.717, 1.165) is 6.42 Å². The first-order valence-electron chi connectivity index (χ1n) is 6.83. The Balaban J connectivity index is 2.26. The van der Waals surface area contributed by atoms with Gasteiger partial charge in [0.05, 0.1) is 6.61 Å². The van der Waals surface area contributed by atoms with Gasteiger partial charge in [-0.2, -0.15) is 0 Å². The van der Waals surface area contributed by atoms with E-state index < -0.39 is 0 Å². The van der Waals surface area contributed by atoms with E-state index in [0.29, 0.717) is 0 Å². The highest BCUT2D eigenvalue weighted by molar-refractivity contribution is 5.34. The van der Waals surface area contributed by atoms with Gasteiger partial charge in [0.2, 0.25) is 0 Å². The Hall–Kier alpha value is -1.60. The molecule has 0 aliphatic carbocycles. The number of benzene rings is 2. The van der Waals surface area contributed by atoms with E-state index in [4.69, 9.17) is 0 Å². The summed E-state index contributed by atoms with van der Waals surface area (Å²) in [7, 11) is 0. The minimum atomic E-state index is 0.183. The minimum absolute atomic E-state index is 0.183. The molecule has 2 aromatic rings. The summed E-state index contributed by atoms with van der Waals surface area (Å²) in [5.74, 6) is 0.183. The lowest BCUT2D eigenvalue weighted by Crippen LogP contribution is -2.09. The van der Waals surface area contributed by atoms with Gasteiger partial charge >= 0.3 is 0 Å². The van der Waals surface area contributed by atoms with Crippen molar-refractivity contribution in [1.29, 1.82) is 0 Å². The van der Waals surface area contributed by atoms with Gasteiger partial charge in [-0.3, -0.25) is 0 Å². The molecule has 0 radical (unpaired) electrons. The molecule has 0 saturated carbocycles. The summed E-state index contributed by atoms with van der Waals surface area (Å²) in [4.78, 5) is 0. The van der Waals surface area contributed by atoms with E-state index in [9.17, 15) is 5.11 Å². The predicted molar refractivity (Wildman–Crippen MR) is 80.6 cm³/mol. The molecule has 0 heterocycles. The topological polar surface area (TPSA) is 20.2 Å². The molecule has 0 aromatic heterocycles. The highest BCUT2D eigenvalue weighted by Crippen LogP contribution is 2.24. The summed E-state index contributed by atoms with van der Waals surface area (Å²) in [6.07, 6.45) is 0.893. The molecule has 1 N–H and O–H groups in total. The maximum atomic E-state index is 9.70. The van der Waals surface area contributed by atoms with Crippen molar-refractivity contribution in [1.82, 2.24) is 0 Å². The van der Waals surface area contributed by atoms with Crippen LogP contribution in [0.5, 0.6) is 0 Å². The quantitative estimate of drug-likeness (QED) is 0.876. The molecule has 0 fully saturated rings. The Morgan fingerprint density at radius 3 is 2.16 bits per heavy atom. The van der Waals surface area contributed by atoms with Gasteiger partial charge in [0, 0.05) is 5.92 Å². The lowest BCUT2D eigenvalue weighted by molar-refractivity contribution is 0.264. The van der Waals surface area contributed by atoms with Gasteiger partial charge < -0.3 is 5.11 Å². The normalized spacial score (nSPS) is 12.4. The van der Waals surface area contributed by atoms with Gasteiger partial charge in [0.15, 0.2) is 0 Å². The Bertz CT molecular complexity index is 537. The van der Waals surface area contributed by atoms with Crippen LogP contribution in [0.1, 0.15) is 33.7 Å². The summed E-state index contributed by atoms with van der Waals surface area (Å²) < 4.78 is 0. The van der Waals surface area contributed by atoms with E-state index in [-0.39, 0.29) is 12.5 Å². The first-order valence-corrected chi connectivity index (χ1v) is 6.83. The SMILES string of the molecule is Cc1cc(C)cc(CC(CO)c2ccccc2C)c1. The van der Waals surface area contributed by atoms with Gasteiger partial charge in [0.25, 0.3) is 0 Å². The molecule has 0 bridgehead atoms. The van der Waals surface area contributed by atoms with Crippen LogP contribution in [0, 0.1) is 20.8 Å². The van der Waals surface area contributed by atoms with E-state index in [1.165, 1.54) is 27.8 Å². The van der Waals surface area contributed by atoms with Crippen molar-refractivity contribution in [3.05, 3.63) is 70.3 Å². The molecule has 1 unspecified atom stereocenters. The van der Waals surface area contributed by atoms with E-state index in [1.54, 1.807) is 0 Å². The third-order valence-corrected chi connectivity index (χ3v) is 3.61. The molecule has 2 aromatic carbocycles. The zero-order valence-corrected chi connectivity index (χ0v) is 12.0. The molecular weight excluding hydrogens is 232 g/mol. The zero-order valence-electron chi connectivity index (χ0n) is 12.0. The monoisotopic (exact) mass is 254 g/mol. The highest BCUT2D eigenvalue weighted by atomic mass is 16.3. The summed E-state index contributed by atoms with van der Waals surface area (Å²) in [6, 6.07) is 14.9. The number of hydrogen-bond acceptors (Lipinski definition) is 1. The fourth-order valence-corrected chi connectivity index (χ4v) is 2.79. The van der Waals surface area contributed by atoms with Gasteiger partial charge in [-0.15, -0.1) is 0 Å². The van der Waals surface area contributed by atoms with Crippen LogP contribution in [0.2, 0.25) is 0 Å². The zero-order chi connectivity index (χ0) is 13.8. The van der Waals surface area contributed by atoms with Crippen molar-refractivity contribution in [2.45, 2.75) is 33.1 Å². The molecule has 1 nitrogen and oxygen atoms in total. The van der Waals surface area contributed by atoms with Crippen molar-refractivity contribution in [3.63, 3.8) is 0 Å². The number of aliphatic hydroxyl groups is 1. The lowest BCUT2D eigenvalue weighted by Gasteiger charge is -2.17. The Morgan fingerprint density at radius 1 is 0.947 bits per heavy atom. The molecule has 100 valence electrons. The molecule has 0 amide bonds. The van der Waals surface area contributed by atoms with Crippen LogP contribution in [0.25, 0.3) is 0 Å². The predicted octanol–water partition coefficient (Wildman–Crippen LogP) is 3.93. The van der Waals surface area contributed by atoms with Crippen molar-refractivity contribution in [3.8, 4) is 0 Å². The van der Waals surface area contributed by atoms with Crippen molar-refractivity contribution in [2.24, 2.45) is 0 Å². The molecule has 0 aliphatic rings. The van der Waals surface area contributed by atoms with Crippen LogP contribution < -0.4 is 0 Å². The molecular formula is C18H22O. The fraction of sp³-hybridized carbons (Fsp3) is 0.333. The molecule has 0 saturated heterocycles. The molecule has 1 heteroatoms. The third-order valence-electron chi connectivity index (χ3n) is 3.61. The van der Waals surface area contributed by atoms with Crippen LogP contribution >= 0.6 is 0 Å². The Labute approximate surface area is 115 Å². The van der Waals surface area contributed by atoms with Crippen molar-refractivity contribution < 1.29 is 5.11 Å². The minimum Gasteiger partial charge on any atom is -0.396 e. The largest absolute Gasteiger partial charge is 0.396 e. The van der Waals surface area contributed by atoms with Crippen LogP contribution in [0.3, 0.4) is 0 Å². The standard InChI is InChI=1S/C18H22O/c1-13-8-14(2)10-16(9-13)11-17(12-19)18-7-5-4-6-15(18)3/h4-10,17,19H,11-12H2,1-3H3. The fourth-order valence-electron chi connectivity index (χ4n) is 2.79. The maximum absolute atomic E-state index is 9.70. The maximum Gasteiger partial charge on any atom is 0.0503 e. The van der Waals surface area contributed by atoms with Crippen LogP contribution in [-0.2, 0) is 6.42 Å². The van der Waals surface area contributed by atoms with Crippen LogP contribution in [0.4, 0.5) is 0 Å². The average Bonchev–Trinajstić information content (AvgIpc) is 2.36. The lowest BCUT2D eigenvalue weighted by atomic mass is 9.89. The van der Waals surface area contributed by atoms with Gasteiger partial charge in [-0.1, -0.05) is 53.6 Å². The first kappa shape index (κ1) is 13.8. The average molecular weight is 254 g/mol. The summed E-state index contributed by atoms with van der Waals surface area (Å²) in [5.41, 5.74) is 6.39. The summed E-state index contributed by atoms with van der Waals surface area (Å²) in [5, 5.41) is 9.70. The van der Waals surface area contributed by atoms with Gasteiger partial charge in [-0.25, -0.2) is 0 Å². The second-order valence-corrected chi connectivity index (χ2v) is 5.44. The number of aryl methyl sites for hydroxylation is 3. The molecule has 19 heavy (non-hydrogen) atoms. The second-order valence-electron chi connectivity index (χ2n) is 5.44. The number of aliphatic hydroxyl groups excluding tert-OH is 1. The molecule has 1 atom stereocenters.